The molecule has 2 aromatic carbocycles. The first-order valence-electron chi connectivity index (χ1n) is 6.71. The van der Waals surface area contributed by atoms with Crippen molar-refractivity contribution in [2.24, 2.45) is 0 Å². The molecule has 102 valence electrons. The van der Waals surface area contributed by atoms with Gasteiger partial charge in [-0.05, 0) is 29.3 Å². The number of fused-ring (bicyclic) bond motifs is 1. The van der Waals surface area contributed by atoms with Gasteiger partial charge in [0.1, 0.15) is 12.0 Å². The highest BCUT2D eigenvalue weighted by Gasteiger charge is 2.19. The van der Waals surface area contributed by atoms with Crippen LogP contribution in [-0.2, 0) is 19.6 Å². The van der Waals surface area contributed by atoms with Crippen LogP contribution in [0.15, 0.2) is 42.5 Å². The minimum absolute atomic E-state index is 0.692. The number of methoxy groups -OCH3 is 1. The van der Waals surface area contributed by atoms with Gasteiger partial charge in [-0.15, -0.1) is 0 Å². The highest BCUT2D eigenvalue weighted by atomic mass is 16.5. The number of nitrogens with zero attached hydrogens (tertiary/aromatic N) is 1. The maximum absolute atomic E-state index is 10.9. The largest absolute Gasteiger partial charge is 0.496 e. The van der Waals surface area contributed by atoms with Crippen molar-refractivity contribution in [1.82, 2.24) is 4.90 Å². The van der Waals surface area contributed by atoms with Crippen LogP contribution in [0.4, 0.5) is 0 Å². The van der Waals surface area contributed by atoms with Gasteiger partial charge in [-0.25, -0.2) is 0 Å². The minimum atomic E-state index is 0.692. The van der Waals surface area contributed by atoms with Crippen molar-refractivity contribution in [3.8, 4) is 5.75 Å². The monoisotopic (exact) mass is 267 g/mol. The standard InChI is InChI=1S/C17H17NO2/c1-20-17-7-6-13(12-19)8-16(17)11-18-9-14-4-2-3-5-15(14)10-18/h2-8,12H,9-11H2,1H3. The third-order valence-corrected chi connectivity index (χ3v) is 3.74. The predicted octanol–water partition coefficient (Wildman–Crippen LogP) is 3.02. The summed E-state index contributed by atoms with van der Waals surface area (Å²) in [5.41, 5.74) is 4.53. The lowest BCUT2D eigenvalue weighted by Crippen LogP contribution is -2.16. The molecule has 1 aliphatic rings. The Bertz CT molecular complexity index is 612. The highest BCUT2D eigenvalue weighted by Crippen LogP contribution is 2.27. The van der Waals surface area contributed by atoms with Gasteiger partial charge in [-0.1, -0.05) is 24.3 Å². The van der Waals surface area contributed by atoms with Crippen LogP contribution in [0.25, 0.3) is 0 Å². The van der Waals surface area contributed by atoms with Crippen molar-refractivity contribution in [3.63, 3.8) is 0 Å². The van der Waals surface area contributed by atoms with E-state index in [1.54, 1.807) is 13.2 Å². The summed E-state index contributed by atoms with van der Waals surface area (Å²) >= 11 is 0. The van der Waals surface area contributed by atoms with Gasteiger partial charge >= 0.3 is 0 Å². The van der Waals surface area contributed by atoms with Crippen molar-refractivity contribution in [2.75, 3.05) is 7.11 Å². The maximum atomic E-state index is 10.9. The molecule has 2 aromatic rings. The molecule has 1 aliphatic heterocycles. The molecule has 20 heavy (non-hydrogen) atoms. The van der Waals surface area contributed by atoms with Crippen molar-refractivity contribution in [3.05, 3.63) is 64.7 Å². The molecular weight excluding hydrogens is 250 g/mol. The van der Waals surface area contributed by atoms with E-state index in [1.165, 1.54) is 11.1 Å². The summed E-state index contributed by atoms with van der Waals surface area (Å²) in [4.78, 5) is 13.3. The Morgan fingerprint density at radius 3 is 2.45 bits per heavy atom. The number of rotatable bonds is 4. The Balaban J connectivity index is 1.81. The molecule has 0 bridgehead atoms. The van der Waals surface area contributed by atoms with Crippen molar-refractivity contribution in [2.45, 2.75) is 19.6 Å². The second kappa shape index (κ2) is 5.47. The van der Waals surface area contributed by atoms with E-state index in [2.05, 4.69) is 29.2 Å². The molecule has 0 unspecified atom stereocenters. The van der Waals surface area contributed by atoms with Gasteiger partial charge in [0.15, 0.2) is 0 Å². The van der Waals surface area contributed by atoms with Gasteiger partial charge in [0.25, 0.3) is 0 Å². The molecule has 0 radical (unpaired) electrons. The SMILES string of the molecule is COc1ccc(C=O)cc1CN1Cc2ccccc2C1. The summed E-state index contributed by atoms with van der Waals surface area (Å²) in [6.45, 7) is 2.69. The first-order chi connectivity index (χ1) is 9.80. The zero-order chi connectivity index (χ0) is 13.9. The molecule has 3 rings (SSSR count). The summed E-state index contributed by atoms with van der Waals surface area (Å²) in [6.07, 6.45) is 0.877. The molecule has 0 saturated heterocycles. The van der Waals surface area contributed by atoms with Crippen LogP contribution in [0, 0.1) is 0 Å². The van der Waals surface area contributed by atoms with E-state index in [4.69, 9.17) is 4.74 Å². The summed E-state index contributed by atoms with van der Waals surface area (Å²) in [5.74, 6) is 0.839. The van der Waals surface area contributed by atoms with Gasteiger partial charge in [-0.3, -0.25) is 9.69 Å². The summed E-state index contributed by atoms with van der Waals surface area (Å²) < 4.78 is 5.39. The third kappa shape index (κ3) is 2.45. The van der Waals surface area contributed by atoms with Crippen molar-refractivity contribution >= 4 is 6.29 Å². The molecule has 0 saturated carbocycles. The molecule has 0 spiro atoms. The lowest BCUT2D eigenvalue weighted by Gasteiger charge is -2.17. The van der Waals surface area contributed by atoms with Crippen LogP contribution in [0.2, 0.25) is 0 Å². The Hall–Kier alpha value is -2.13. The molecular formula is C17H17NO2. The molecule has 0 aliphatic carbocycles. The molecule has 3 heteroatoms. The van der Waals surface area contributed by atoms with Crippen LogP contribution in [0.3, 0.4) is 0 Å². The number of hydrogen-bond donors (Lipinski definition) is 0. The van der Waals surface area contributed by atoms with Crippen LogP contribution >= 0.6 is 0 Å². The van der Waals surface area contributed by atoms with Crippen LogP contribution < -0.4 is 4.74 Å². The van der Waals surface area contributed by atoms with E-state index in [0.717, 1.165) is 37.2 Å². The number of carbonyl (C=O) groups excluding carboxylic acids is 1. The van der Waals surface area contributed by atoms with Crippen LogP contribution in [0.1, 0.15) is 27.0 Å². The number of benzene rings is 2. The Kier molecular flexibility index (Phi) is 3.52. The van der Waals surface area contributed by atoms with Crippen LogP contribution in [0.5, 0.6) is 5.75 Å². The van der Waals surface area contributed by atoms with Gasteiger partial charge in [-0.2, -0.15) is 0 Å². The van der Waals surface area contributed by atoms with Gasteiger partial charge in [0.2, 0.25) is 0 Å². The normalized spacial score (nSPS) is 14.1. The lowest BCUT2D eigenvalue weighted by molar-refractivity contribution is 0.112. The van der Waals surface area contributed by atoms with E-state index in [0.29, 0.717) is 5.56 Å². The molecule has 1 heterocycles. The fraction of sp³-hybridized carbons (Fsp3) is 0.235. The second-order valence-electron chi connectivity index (χ2n) is 5.10. The fourth-order valence-electron chi connectivity index (χ4n) is 2.75. The molecule has 3 nitrogen and oxygen atoms in total. The Labute approximate surface area is 118 Å². The van der Waals surface area contributed by atoms with Gasteiger partial charge in [0.05, 0.1) is 7.11 Å². The quantitative estimate of drug-likeness (QED) is 0.797. The topological polar surface area (TPSA) is 29.5 Å². The van der Waals surface area contributed by atoms with E-state index < -0.39 is 0 Å². The van der Waals surface area contributed by atoms with Crippen molar-refractivity contribution in [1.29, 1.82) is 0 Å². The maximum Gasteiger partial charge on any atom is 0.150 e. The second-order valence-corrected chi connectivity index (χ2v) is 5.10. The average Bonchev–Trinajstić information content (AvgIpc) is 2.89. The van der Waals surface area contributed by atoms with E-state index in [-0.39, 0.29) is 0 Å². The molecule has 0 aromatic heterocycles. The third-order valence-electron chi connectivity index (χ3n) is 3.74. The molecule has 0 fully saturated rings. The summed E-state index contributed by atoms with van der Waals surface area (Å²) in [7, 11) is 1.66. The zero-order valence-corrected chi connectivity index (χ0v) is 11.5. The first kappa shape index (κ1) is 12.9. The predicted molar refractivity (Wildman–Crippen MR) is 77.8 cm³/mol. The molecule has 0 N–H and O–H groups in total. The smallest absolute Gasteiger partial charge is 0.150 e. The lowest BCUT2D eigenvalue weighted by atomic mass is 10.1. The van der Waals surface area contributed by atoms with Gasteiger partial charge in [0, 0.05) is 30.8 Å². The Morgan fingerprint density at radius 1 is 1.15 bits per heavy atom. The van der Waals surface area contributed by atoms with Crippen LogP contribution in [-0.4, -0.2) is 18.3 Å². The number of hydrogen-bond acceptors (Lipinski definition) is 3. The van der Waals surface area contributed by atoms with Crippen molar-refractivity contribution < 1.29 is 9.53 Å². The number of aldehydes is 1. The van der Waals surface area contributed by atoms with Gasteiger partial charge < -0.3 is 4.74 Å². The summed E-state index contributed by atoms with van der Waals surface area (Å²) in [5, 5.41) is 0. The zero-order valence-electron chi connectivity index (χ0n) is 11.5. The van der Waals surface area contributed by atoms with E-state index in [1.807, 2.05) is 12.1 Å². The van der Waals surface area contributed by atoms with E-state index in [9.17, 15) is 4.79 Å². The minimum Gasteiger partial charge on any atom is -0.496 e. The average molecular weight is 267 g/mol. The Morgan fingerprint density at radius 2 is 1.85 bits per heavy atom. The fourth-order valence-corrected chi connectivity index (χ4v) is 2.75. The highest BCUT2D eigenvalue weighted by molar-refractivity contribution is 5.75. The first-order valence-corrected chi connectivity index (χ1v) is 6.71. The number of carbonyl (C=O) groups is 1. The molecule has 0 amide bonds. The number of ether oxygens (including phenoxy) is 1. The molecule has 0 atom stereocenters. The van der Waals surface area contributed by atoms with E-state index >= 15 is 0 Å². The summed E-state index contributed by atoms with van der Waals surface area (Å²) in [6, 6.07) is 14.1.